The van der Waals surface area contributed by atoms with Gasteiger partial charge in [0.25, 0.3) is 0 Å². The van der Waals surface area contributed by atoms with E-state index in [1.807, 2.05) is 0 Å². The van der Waals surface area contributed by atoms with E-state index in [2.05, 4.69) is 10.1 Å². The molecule has 0 atom stereocenters. The van der Waals surface area contributed by atoms with Gasteiger partial charge in [0.1, 0.15) is 24.0 Å². The Balaban J connectivity index is 1.77. The van der Waals surface area contributed by atoms with Crippen LogP contribution in [0.5, 0.6) is 0 Å². The highest BCUT2D eigenvalue weighted by Crippen LogP contribution is 2.23. The number of nitrogens with zero attached hydrogens (tertiary/aromatic N) is 3. The van der Waals surface area contributed by atoms with Gasteiger partial charge in [-0.15, -0.1) is 0 Å². The monoisotopic (exact) mass is 467 g/mol. The molecule has 0 aliphatic heterocycles. The van der Waals surface area contributed by atoms with E-state index < -0.39 is 5.82 Å². The van der Waals surface area contributed by atoms with E-state index in [1.165, 1.54) is 23.7 Å². The van der Waals surface area contributed by atoms with Crippen LogP contribution in [-0.2, 0) is 29.0 Å². The maximum absolute atomic E-state index is 13.8. The number of ketones is 2. The van der Waals surface area contributed by atoms with E-state index in [4.69, 9.17) is 34.8 Å². The molecule has 0 radical (unpaired) electrons. The largest absolute Gasteiger partial charge is 0.299 e. The number of hydrogen-bond donors (Lipinski definition) is 0. The first-order valence-electron chi connectivity index (χ1n) is 9.06. The first-order chi connectivity index (χ1) is 14.2. The van der Waals surface area contributed by atoms with E-state index >= 15 is 0 Å². The molecule has 0 amide bonds. The summed E-state index contributed by atoms with van der Waals surface area (Å²) in [6, 6.07) is 9.33. The van der Waals surface area contributed by atoms with Crippen LogP contribution in [-0.4, -0.2) is 26.3 Å². The standard InChI is InChI=1S/C21H17Cl3FN3O2/c1-12(29)11-28-20(26-21(27-28)14-3-5-18(24)19(25)8-14)10-17(30)4-2-13-6-15(22)9-16(23)7-13/h3,5-9H,2,4,10-11H2,1H3. The fraction of sp³-hybridized carbons (Fsp3) is 0.238. The Morgan fingerprint density at radius 2 is 1.77 bits per heavy atom. The zero-order valence-corrected chi connectivity index (χ0v) is 18.2. The van der Waals surface area contributed by atoms with Gasteiger partial charge < -0.3 is 0 Å². The third-order valence-electron chi connectivity index (χ3n) is 4.27. The average molecular weight is 469 g/mol. The summed E-state index contributed by atoms with van der Waals surface area (Å²) in [5.74, 6) is -0.274. The average Bonchev–Trinajstić information content (AvgIpc) is 3.03. The molecule has 5 nitrogen and oxygen atoms in total. The molecule has 1 heterocycles. The first-order valence-corrected chi connectivity index (χ1v) is 10.2. The summed E-state index contributed by atoms with van der Waals surface area (Å²) < 4.78 is 15.2. The van der Waals surface area contributed by atoms with Crippen LogP contribution in [0.4, 0.5) is 4.39 Å². The van der Waals surface area contributed by atoms with Crippen LogP contribution in [0, 0.1) is 5.82 Å². The maximum atomic E-state index is 13.8. The smallest absolute Gasteiger partial charge is 0.181 e. The van der Waals surface area contributed by atoms with Crippen molar-refractivity contribution in [3.8, 4) is 11.4 Å². The third kappa shape index (κ3) is 5.88. The summed E-state index contributed by atoms with van der Waals surface area (Å²) in [6.07, 6.45) is 0.703. The zero-order chi connectivity index (χ0) is 21.8. The van der Waals surface area contributed by atoms with Crippen LogP contribution in [0.15, 0.2) is 36.4 Å². The Bertz CT molecular complexity index is 1090. The van der Waals surface area contributed by atoms with Gasteiger partial charge in [-0.2, -0.15) is 5.10 Å². The molecule has 1 aromatic heterocycles. The van der Waals surface area contributed by atoms with Gasteiger partial charge in [0.2, 0.25) is 0 Å². The molecule has 0 aliphatic rings. The Kier molecular flexibility index (Phi) is 7.23. The summed E-state index contributed by atoms with van der Waals surface area (Å²) >= 11 is 17.7. The molecule has 2 aromatic carbocycles. The van der Waals surface area contributed by atoms with Crippen LogP contribution in [0.3, 0.4) is 0 Å². The van der Waals surface area contributed by atoms with Crippen LogP contribution < -0.4 is 0 Å². The molecule has 0 aliphatic carbocycles. The Morgan fingerprint density at radius 3 is 2.40 bits per heavy atom. The van der Waals surface area contributed by atoms with Crippen molar-refractivity contribution in [3.63, 3.8) is 0 Å². The summed E-state index contributed by atoms with van der Waals surface area (Å²) in [7, 11) is 0. The fourth-order valence-electron chi connectivity index (χ4n) is 2.90. The molecule has 0 N–H and O–H groups in total. The predicted molar refractivity (Wildman–Crippen MR) is 115 cm³/mol. The third-order valence-corrected chi connectivity index (χ3v) is 5.01. The van der Waals surface area contributed by atoms with Crippen molar-refractivity contribution >= 4 is 46.4 Å². The number of aromatic nitrogens is 3. The number of halogens is 4. The van der Waals surface area contributed by atoms with Gasteiger partial charge in [-0.05, 0) is 55.3 Å². The number of carbonyl (C=O) groups is 2. The molecule has 9 heteroatoms. The number of carbonyl (C=O) groups excluding carboxylic acids is 2. The highest BCUT2D eigenvalue weighted by molar-refractivity contribution is 6.34. The molecule has 0 spiro atoms. The minimum Gasteiger partial charge on any atom is -0.299 e. The SMILES string of the molecule is CC(=O)Cn1nc(-c2ccc(Cl)c(F)c2)nc1CC(=O)CCc1cc(Cl)cc(Cl)c1. The topological polar surface area (TPSA) is 64.8 Å². The lowest BCUT2D eigenvalue weighted by Gasteiger charge is -2.05. The van der Waals surface area contributed by atoms with E-state index in [1.54, 1.807) is 24.3 Å². The predicted octanol–water partition coefficient (Wildman–Crippen LogP) is 5.38. The first kappa shape index (κ1) is 22.4. The molecule has 0 unspecified atom stereocenters. The lowest BCUT2D eigenvalue weighted by Crippen LogP contribution is -2.15. The number of hydrogen-bond acceptors (Lipinski definition) is 4. The van der Waals surface area contributed by atoms with Crippen molar-refractivity contribution in [3.05, 3.63) is 68.7 Å². The quantitative estimate of drug-likeness (QED) is 0.445. The minimum atomic E-state index is -0.602. The normalized spacial score (nSPS) is 11.0. The van der Waals surface area contributed by atoms with Crippen molar-refractivity contribution in [2.45, 2.75) is 32.7 Å². The second kappa shape index (κ2) is 9.69. The van der Waals surface area contributed by atoms with E-state index in [-0.39, 0.29) is 41.8 Å². The lowest BCUT2D eigenvalue weighted by molar-refractivity contribution is -0.119. The molecule has 0 saturated carbocycles. The van der Waals surface area contributed by atoms with Crippen molar-refractivity contribution in [2.24, 2.45) is 0 Å². The van der Waals surface area contributed by atoms with Gasteiger partial charge in [-0.25, -0.2) is 14.1 Å². The van der Waals surface area contributed by atoms with Crippen LogP contribution in [0.2, 0.25) is 15.1 Å². The van der Waals surface area contributed by atoms with E-state index in [0.29, 0.717) is 27.9 Å². The second-order valence-electron chi connectivity index (χ2n) is 6.83. The number of aryl methyl sites for hydroxylation is 1. The Morgan fingerprint density at radius 1 is 1.07 bits per heavy atom. The van der Waals surface area contributed by atoms with Gasteiger partial charge in [0.15, 0.2) is 11.6 Å². The van der Waals surface area contributed by atoms with Gasteiger partial charge in [0, 0.05) is 22.0 Å². The fourth-order valence-corrected chi connectivity index (χ4v) is 3.59. The maximum Gasteiger partial charge on any atom is 0.181 e. The molecule has 0 saturated heterocycles. The Labute approximate surface area is 187 Å². The van der Waals surface area contributed by atoms with Crippen molar-refractivity contribution in [1.82, 2.24) is 14.8 Å². The number of Topliss-reactive ketones (excluding diaryl/α,β-unsaturated/α-hetero) is 2. The van der Waals surface area contributed by atoms with Gasteiger partial charge in [-0.3, -0.25) is 9.59 Å². The molecule has 3 aromatic rings. The van der Waals surface area contributed by atoms with E-state index in [0.717, 1.165) is 5.56 Å². The highest BCUT2D eigenvalue weighted by atomic mass is 35.5. The molecule has 156 valence electrons. The number of rotatable bonds is 8. The van der Waals surface area contributed by atoms with Crippen molar-refractivity contribution in [2.75, 3.05) is 0 Å². The second-order valence-corrected chi connectivity index (χ2v) is 8.11. The zero-order valence-electron chi connectivity index (χ0n) is 16.0. The van der Waals surface area contributed by atoms with Crippen LogP contribution in [0.1, 0.15) is 24.7 Å². The number of benzene rings is 2. The summed E-state index contributed by atoms with van der Waals surface area (Å²) in [4.78, 5) is 28.5. The molecule has 3 rings (SSSR count). The summed E-state index contributed by atoms with van der Waals surface area (Å²) in [5.41, 5.74) is 1.25. The minimum absolute atomic E-state index is 0.00928. The van der Waals surface area contributed by atoms with Gasteiger partial charge in [-0.1, -0.05) is 34.8 Å². The van der Waals surface area contributed by atoms with Gasteiger partial charge >= 0.3 is 0 Å². The summed E-state index contributed by atoms with van der Waals surface area (Å²) in [6.45, 7) is 1.38. The van der Waals surface area contributed by atoms with Gasteiger partial charge in [0.05, 0.1) is 11.4 Å². The molecular weight excluding hydrogens is 452 g/mol. The Hall–Kier alpha value is -2.28. The van der Waals surface area contributed by atoms with E-state index in [9.17, 15) is 14.0 Å². The lowest BCUT2D eigenvalue weighted by atomic mass is 10.1. The van der Waals surface area contributed by atoms with Crippen LogP contribution >= 0.6 is 34.8 Å². The highest BCUT2D eigenvalue weighted by Gasteiger charge is 2.17. The van der Waals surface area contributed by atoms with Crippen LogP contribution in [0.25, 0.3) is 11.4 Å². The molecule has 30 heavy (non-hydrogen) atoms. The summed E-state index contributed by atoms with van der Waals surface area (Å²) in [5, 5.41) is 5.27. The molecule has 0 bridgehead atoms. The molecule has 0 fully saturated rings. The van der Waals surface area contributed by atoms with Crippen molar-refractivity contribution < 1.29 is 14.0 Å². The molecular formula is C21H17Cl3FN3O2. The van der Waals surface area contributed by atoms with Crippen molar-refractivity contribution in [1.29, 1.82) is 0 Å².